The van der Waals surface area contributed by atoms with Crippen molar-refractivity contribution in [1.82, 2.24) is 15.1 Å². The summed E-state index contributed by atoms with van der Waals surface area (Å²) in [5, 5.41) is 5.22. The molecule has 0 saturated carbocycles. The number of nitrogens with zero attached hydrogens (tertiary/aromatic N) is 2. The minimum absolute atomic E-state index is 0.195. The molecule has 0 amide bonds. The summed E-state index contributed by atoms with van der Waals surface area (Å²) in [5.41, 5.74) is 1.32. The van der Waals surface area contributed by atoms with Crippen molar-refractivity contribution in [2.75, 3.05) is 7.11 Å². The van der Waals surface area contributed by atoms with Gasteiger partial charge in [-0.3, -0.25) is 4.79 Å². The molecule has 7 heteroatoms. The van der Waals surface area contributed by atoms with E-state index in [1.807, 2.05) is 18.2 Å². The number of methoxy groups -OCH3 is 1. The van der Waals surface area contributed by atoms with Gasteiger partial charge < -0.3 is 14.2 Å². The molecule has 2 heterocycles. The van der Waals surface area contributed by atoms with E-state index in [0.717, 1.165) is 5.39 Å². The maximum Gasteiger partial charge on any atom is 0.259 e. The third-order valence-corrected chi connectivity index (χ3v) is 4.15. The summed E-state index contributed by atoms with van der Waals surface area (Å²) < 4.78 is 10.5. The Kier molecular flexibility index (Phi) is 3.74. The lowest BCUT2D eigenvalue weighted by Crippen LogP contribution is -2.09. The van der Waals surface area contributed by atoms with E-state index in [2.05, 4.69) is 15.1 Å². The Hall–Kier alpha value is -3.12. The van der Waals surface area contributed by atoms with Gasteiger partial charge >= 0.3 is 0 Å². The molecule has 0 aliphatic heterocycles. The van der Waals surface area contributed by atoms with Crippen molar-refractivity contribution in [3.05, 3.63) is 63.9 Å². The first-order valence-electron chi connectivity index (χ1n) is 7.46. The van der Waals surface area contributed by atoms with Crippen LogP contribution in [0.1, 0.15) is 0 Å². The van der Waals surface area contributed by atoms with E-state index in [9.17, 15) is 4.79 Å². The lowest BCUT2D eigenvalue weighted by Gasteiger charge is -2.03. The Morgan fingerprint density at radius 3 is 2.76 bits per heavy atom. The van der Waals surface area contributed by atoms with Crippen LogP contribution >= 0.6 is 11.6 Å². The molecule has 4 aromatic rings. The number of aromatic amines is 1. The molecular weight excluding hydrogens is 342 g/mol. The lowest BCUT2D eigenvalue weighted by atomic mass is 10.1. The number of H-pyrrole nitrogens is 1. The van der Waals surface area contributed by atoms with E-state index in [0.29, 0.717) is 27.4 Å². The van der Waals surface area contributed by atoms with E-state index in [4.69, 9.17) is 20.9 Å². The molecule has 2 aromatic carbocycles. The van der Waals surface area contributed by atoms with Gasteiger partial charge in [0.15, 0.2) is 0 Å². The van der Waals surface area contributed by atoms with Crippen LogP contribution < -0.4 is 10.3 Å². The van der Waals surface area contributed by atoms with Crippen LogP contribution in [-0.2, 0) is 0 Å². The Balaban J connectivity index is 1.83. The largest absolute Gasteiger partial charge is 0.497 e. The van der Waals surface area contributed by atoms with Crippen LogP contribution in [0.5, 0.6) is 5.75 Å². The first-order chi connectivity index (χ1) is 12.2. The van der Waals surface area contributed by atoms with Crippen LogP contribution in [0.25, 0.3) is 33.7 Å². The van der Waals surface area contributed by atoms with E-state index >= 15 is 0 Å². The molecule has 0 saturated heterocycles. The van der Waals surface area contributed by atoms with Gasteiger partial charge in [-0.2, -0.15) is 4.98 Å². The van der Waals surface area contributed by atoms with Crippen molar-refractivity contribution >= 4 is 22.5 Å². The van der Waals surface area contributed by atoms with Gasteiger partial charge in [0.25, 0.3) is 11.4 Å². The average molecular weight is 354 g/mol. The predicted molar refractivity (Wildman–Crippen MR) is 94.9 cm³/mol. The van der Waals surface area contributed by atoms with Crippen molar-refractivity contribution in [1.29, 1.82) is 0 Å². The number of rotatable bonds is 3. The van der Waals surface area contributed by atoms with Crippen LogP contribution in [-0.4, -0.2) is 22.2 Å². The summed E-state index contributed by atoms with van der Waals surface area (Å²) in [6.07, 6.45) is 0. The molecule has 0 radical (unpaired) electrons. The van der Waals surface area contributed by atoms with Gasteiger partial charge in [0, 0.05) is 10.9 Å². The minimum atomic E-state index is -0.302. The number of nitrogens with one attached hydrogen (secondary N) is 1. The highest BCUT2D eigenvalue weighted by molar-refractivity contribution is 6.33. The summed E-state index contributed by atoms with van der Waals surface area (Å²) in [5.74, 6) is 1.14. The van der Waals surface area contributed by atoms with E-state index < -0.39 is 0 Å². The average Bonchev–Trinajstić information content (AvgIpc) is 3.10. The second kappa shape index (κ2) is 6.07. The van der Waals surface area contributed by atoms with Crippen LogP contribution in [0.2, 0.25) is 5.02 Å². The molecule has 25 heavy (non-hydrogen) atoms. The molecule has 2 aromatic heterocycles. The molecule has 1 N–H and O–H groups in total. The van der Waals surface area contributed by atoms with Crippen LogP contribution in [0.3, 0.4) is 0 Å². The Morgan fingerprint density at radius 1 is 1.12 bits per heavy atom. The fraction of sp³-hybridized carbons (Fsp3) is 0.0556. The van der Waals surface area contributed by atoms with Gasteiger partial charge in [-0.25, -0.2) is 0 Å². The molecule has 0 atom stereocenters. The Labute approximate surface area is 147 Å². The van der Waals surface area contributed by atoms with Gasteiger partial charge in [0.2, 0.25) is 5.82 Å². The third-order valence-electron chi connectivity index (χ3n) is 3.82. The number of aromatic nitrogens is 3. The highest BCUT2D eigenvalue weighted by Crippen LogP contribution is 2.28. The molecule has 0 aliphatic carbocycles. The Bertz CT molecular complexity index is 1130. The number of halogens is 1. The second-order valence-electron chi connectivity index (χ2n) is 5.37. The SMILES string of the molecule is COc1ccc2[nH]c(=O)c(-c3noc(-c4ccccc4Cl)n3)cc2c1. The van der Waals surface area contributed by atoms with Crippen molar-refractivity contribution in [3.8, 4) is 28.6 Å². The van der Waals surface area contributed by atoms with Gasteiger partial charge in [-0.05, 0) is 36.4 Å². The van der Waals surface area contributed by atoms with E-state index in [1.165, 1.54) is 0 Å². The first-order valence-corrected chi connectivity index (χ1v) is 7.83. The number of hydrogen-bond donors (Lipinski definition) is 1. The maximum absolute atomic E-state index is 12.4. The zero-order valence-corrected chi connectivity index (χ0v) is 13.9. The van der Waals surface area contributed by atoms with E-state index in [1.54, 1.807) is 37.4 Å². The summed E-state index contributed by atoms with van der Waals surface area (Å²) in [6.45, 7) is 0. The summed E-state index contributed by atoms with van der Waals surface area (Å²) in [7, 11) is 1.59. The molecular formula is C18H12ClN3O3. The van der Waals surface area contributed by atoms with Gasteiger partial charge in [-0.15, -0.1) is 0 Å². The number of benzene rings is 2. The van der Waals surface area contributed by atoms with Gasteiger partial charge in [0.1, 0.15) is 5.75 Å². The Morgan fingerprint density at radius 2 is 1.96 bits per heavy atom. The number of pyridine rings is 1. The summed E-state index contributed by atoms with van der Waals surface area (Å²) >= 11 is 6.15. The van der Waals surface area contributed by atoms with Crippen molar-refractivity contribution in [3.63, 3.8) is 0 Å². The van der Waals surface area contributed by atoms with Gasteiger partial charge in [-0.1, -0.05) is 28.9 Å². The summed E-state index contributed by atoms with van der Waals surface area (Å²) in [4.78, 5) is 19.5. The normalized spacial score (nSPS) is 11.0. The first kappa shape index (κ1) is 15.4. The van der Waals surface area contributed by atoms with Crippen molar-refractivity contribution < 1.29 is 9.26 Å². The standard InChI is InChI=1S/C18H12ClN3O3/c1-24-11-6-7-15-10(8-11)9-13(17(23)20-15)16-21-18(25-22-16)12-4-2-3-5-14(12)19/h2-9H,1H3,(H,20,23). The lowest BCUT2D eigenvalue weighted by molar-refractivity contribution is 0.415. The maximum atomic E-state index is 12.4. The molecule has 0 unspecified atom stereocenters. The second-order valence-corrected chi connectivity index (χ2v) is 5.78. The van der Waals surface area contributed by atoms with E-state index in [-0.39, 0.29) is 17.3 Å². The zero-order valence-electron chi connectivity index (χ0n) is 13.1. The summed E-state index contributed by atoms with van der Waals surface area (Å²) in [6, 6.07) is 14.2. The highest BCUT2D eigenvalue weighted by atomic mass is 35.5. The number of fused-ring (bicyclic) bond motifs is 1. The van der Waals surface area contributed by atoms with Crippen molar-refractivity contribution in [2.45, 2.75) is 0 Å². The molecule has 0 fully saturated rings. The zero-order chi connectivity index (χ0) is 17.4. The smallest absolute Gasteiger partial charge is 0.259 e. The topological polar surface area (TPSA) is 81.0 Å². The van der Waals surface area contributed by atoms with Crippen LogP contribution in [0.4, 0.5) is 0 Å². The quantitative estimate of drug-likeness (QED) is 0.604. The molecule has 0 bridgehead atoms. The molecule has 4 rings (SSSR count). The fourth-order valence-corrected chi connectivity index (χ4v) is 2.77. The minimum Gasteiger partial charge on any atom is -0.497 e. The van der Waals surface area contributed by atoms with Crippen molar-refractivity contribution in [2.24, 2.45) is 0 Å². The fourth-order valence-electron chi connectivity index (χ4n) is 2.55. The molecule has 124 valence electrons. The molecule has 0 spiro atoms. The highest BCUT2D eigenvalue weighted by Gasteiger charge is 2.16. The molecule has 6 nitrogen and oxygen atoms in total. The number of ether oxygens (including phenoxy) is 1. The van der Waals surface area contributed by atoms with Gasteiger partial charge in [0.05, 0.1) is 23.3 Å². The number of hydrogen-bond acceptors (Lipinski definition) is 5. The predicted octanol–water partition coefficient (Wildman–Crippen LogP) is 3.91. The molecule has 0 aliphatic rings. The monoisotopic (exact) mass is 353 g/mol. The van der Waals surface area contributed by atoms with Crippen LogP contribution in [0.15, 0.2) is 57.8 Å². The third kappa shape index (κ3) is 2.77. The van der Waals surface area contributed by atoms with Crippen LogP contribution in [0, 0.1) is 0 Å².